The fourth-order valence-corrected chi connectivity index (χ4v) is 5.40. The lowest BCUT2D eigenvalue weighted by molar-refractivity contribution is -0.137. The summed E-state index contributed by atoms with van der Waals surface area (Å²) in [6.07, 6.45) is 1.30. The highest BCUT2D eigenvalue weighted by Crippen LogP contribution is 2.44. The van der Waals surface area contributed by atoms with Gasteiger partial charge in [0.25, 0.3) is 0 Å². The molecule has 0 bridgehead atoms. The standard InChI is InChI=1S/C30H26FNO7/c31-24-5-8-26(37-19-2-6-25(17(11-19)14-32)39-21-9-10-35-16-21)23-4-7-27(30(23)24)38-20-1-3-22-18(12-29(33)34)15-36-28(22)13-20/h1-3,5-6,8,11,13,18,21,27H,4,7,9-10,12,15-16H2,(H,33,34)/t18-,21?,27-/m1/s1. The Morgan fingerprint density at radius 1 is 1.05 bits per heavy atom. The minimum Gasteiger partial charge on any atom is -0.492 e. The minimum atomic E-state index is -0.875. The molecular formula is C30H26FNO7. The molecule has 1 saturated heterocycles. The summed E-state index contributed by atoms with van der Waals surface area (Å²) in [7, 11) is 0. The average molecular weight is 532 g/mol. The van der Waals surface area contributed by atoms with Crippen molar-refractivity contribution in [3.05, 3.63) is 76.6 Å². The Labute approximate surface area is 224 Å². The first-order chi connectivity index (χ1) is 19.0. The summed E-state index contributed by atoms with van der Waals surface area (Å²) in [4.78, 5) is 11.1. The second kappa shape index (κ2) is 10.5. The predicted molar refractivity (Wildman–Crippen MR) is 136 cm³/mol. The van der Waals surface area contributed by atoms with E-state index in [-0.39, 0.29) is 24.3 Å². The number of fused-ring (bicyclic) bond motifs is 2. The van der Waals surface area contributed by atoms with Crippen LogP contribution in [0.3, 0.4) is 0 Å². The number of carbonyl (C=O) groups is 1. The third-order valence-corrected chi connectivity index (χ3v) is 7.28. The Kier molecular flexibility index (Phi) is 6.71. The SMILES string of the molecule is N#Cc1cc(Oc2ccc(F)c3c2CC[C@H]3Oc2ccc3c(c2)OC[C@H]3CC(=O)O)ccc1OC1CCOC1. The number of rotatable bonds is 8. The van der Waals surface area contributed by atoms with Gasteiger partial charge in [-0.05, 0) is 43.2 Å². The van der Waals surface area contributed by atoms with Gasteiger partial charge in [0.2, 0.25) is 0 Å². The minimum absolute atomic E-state index is 0.00170. The van der Waals surface area contributed by atoms with Crippen molar-refractivity contribution < 1.29 is 38.0 Å². The molecular weight excluding hydrogens is 505 g/mol. The molecule has 1 N–H and O–H groups in total. The van der Waals surface area contributed by atoms with Crippen LogP contribution in [0, 0.1) is 17.1 Å². The van der Waals surface area contributed by atoms with Gasteiger partial charge in [-0.1, -0.05) is 6.07 Å². The number of hydrogen-bond donors (Lipinski definition) is 1. The second-order valence-corrected chi connectivity index (χ2v) is 9.86. The fourth-order valence-electron chi connectivity index (χ4n) is 5.40. The molecule has 200 valence electrons. The van der Waals surface area contributed by atoms with Crippen LogP contribution in [0.4, 0.5) is 4.39 Å². The summed E-state index contributed by atoms with van der Waals surface area (Å²) in [6.45, 7) is 1.45. The van der Waals surface area contributed by atoms with Crippen molar-refractivity contribution in [2.24, 2.45) is 0 Å². The van der Waals surface area contributed by atoms with E-state index < -0.39 is 12.1 Å². The van der Waals surface area contributed by atoms with Gasteiger partial charge in [-0.15, -0.1) is 0 Å². The van der Waals surface area contributed by atoms with Crippen LogP contribution in [0.25, 0.3) is 0 Å². The maximum atomic E-state index is 15.0. The normalized spacial score (nSPS) is 21.0. The second-order valence-electron chi connectivity index (χ2n) is 9.86. The number of carboxylic acids is 1. The van der Waals surface area contributed by atoms with Crippen LogP contribution in [0.5, 0.6) is 28.7 Å². The summed E-state index contributed by atoms with van der Waals surface area (Å²) in [5, 5.41) is 18.8. The van der Waals surface area contributed by atoms with Gasteiger partial charge in [0.05, 0.1) is 31.8 Å². The van der Waals surface area contributed by atoms with Crippen LogP contribution in [0.2, 0.25) is 0 Å². The van der Waals surface area contributed by atoms with Gasteiger partial charge in [-0.2, -0.15) is 5.26 Å². The smallest absolute Gasteiger partial charge is 0.304 e. The van der Waals surface area contributed by atoms with E-state index in [0.29, 0.717) is 72.5 Å². The number of halogens is 1. The van der Waals surface area contributed by atoms with Crippen LogP contribution < -0.4 is 18.9 Å². The topological polar surface area (TPSA) is 107 Å². The summed E-state index contributed by atoms with van der Waals surface area (Å²) < 4.78 is 44.3. The quantitative estimate of drug-likeness (QED) is 0.396. The molecule has 9 heteroatoms. The number of benzene rings is 3. The van der Waals surface area contributed by atoms with Crippen molar-refractivity contribution in [3.8, 4) is 34.8 Å². The van der Waals surface area contributed by atoms with Crippen LogP contribution in [0.15, 0.2) is 48.5 Å². The van der Waals surface area contributed by atoms with Crippen LogP contribution in [-0.4, -0.2) is 37.0 Å². The number of nitrogens with zero attached hydrogens (tertiary/aromatic N) is 1. The molecule has 0 aromatic heterocycles. The zero-order valence-corrected chi connectivity index (χ0v) is 21.0. The highest BCUT2D eigenvalue weighted by Gasteiger charge is 2.32. The zero-order valence-electron chi connectivity index (χ0n) is 21.0. The van der Waals surface area contributed by atoms with Crippen molar-refractivity contribution in [1.29, 1.82) is 5.26 Å². The molecule has 1 unspecified atom stereocenters. The molecule has 1 fully saturated rings. The largest absolute Gasteiger partial charge is 0.492 e. The molecule has 39 heavy (non-hydrogen) atoms. The van der Waals surface area contributed by atoms with Crippen LogP contribution >= 0.6 is 0 Å². The summed E-state index contributed by atoms with van der Waals surface area (Å²) in [5.41, 5.74) is 2.35. The lowest BCUT2D eigenvalue weighted by Crippen LogP contribution is -2.16. The van der Waals surface area contributed by atoms with E-state index in [1.165, 1.54) is 6.07 Å². The monoisotopic (exact) mass is 531 g/mol. The first-order valence-electron chi connectivity index (χ1n) is 12.9. The number of ether oxygens (including phenoxy) is 5. The molecule has 3 aliphatic rings. The number of aliphatic carboxylic acids is 1. The Morgan fingerprint density at radius 2 is 1.90 bits per heavy atom. The number of nitriles is 1. The van der Waals surface area contributed by atoms with E-state index in [1.54, 1.807) is 36.4 Å². The Bertz CT molecular complexity index is 1460. The van der Waals surface area contributed by atoms with E-state index in [9.17, 15) is 10.1 Å². The molecule has 0 radical (unpaired) electrons. The first-order valence-corrected chi connectivity index (χ1v) is 12.9. The summed E-state index contributed by atoms with van der Waals surface area (Å²) in [5.74, 6) is 1.10. The number of hydrogen-bond acceptors (Lipinski definition) is 7. The molecule has 2 aliphatic heterocycles. The van der Waals surface area contributed by atoms with E-state index in [1.807, 2.05) is 6.07 Å². The molecule has 8 nitrogen and oxygen atoms in total. The molecule has 0 spiro atoms. The molecule has 0 saturated carbocycles. The van der Waals surface area contributed by atoms with Crippen molar-refractivity contribution in [3.63, 3.8) is 0 Å². The third-order valence-electron chi connectivity index (χ3n) is 7.28. The average Bonchev–Trinajstić information content (AvgIpc) is 3.68. The van der Waals surface area contributed by atoms with Gasteiger partial charge < -0.3 is 28.8 Å². The van der Waals surface area contributed by atoms with Crippen molar-refractivity contribution in [1.82, 2.24) is 0 Å². The Morgan fingerprint density at radius 3 is 2.69 bits per heavy atom. The lowest BCUT2D eigenvalue weighted by Gasteiger charge is -2.18. The van der Waals surface area contributed by atoms with Crippen LogP contribution in [0.1, 0.15) is 53.5 Å². The summed E-state index contributed by atoms with van der Waals surface area (Å²) >= 11 is 0. The van der Waals surface area contributed by atoms with E-state index in [2.05, 4.69) is 6.07 Å². The van der Waals surface area contributed by atoms with Gasteiger partial charge in [-0.25, -0.2) is 4.39 Å². The Balaban J connectivity index is 1.20. The van der Waals surface area contributed by atoms with Crippen molar-refractivity contribution in [2.75, 3.05) is 19.8 Å². The Hall–Kier alpha value is -4.29. The molecule has 3 aromatic rings. The van der Waals surface area contributed by atoms with Crippen LogP contribution in [-0.2, 0) is 16.0 Å². The van der Waals surface area contributed by atoms with Crippen molar-refractivity contribution >= 4 is 5.97 Å². The lowest BCUT2D eigenvalue weighted by atomic mass is 9.98. The summed E-state index contributed by atoms with van der Waals surface area (Å²) in [6, 6.07) is 15.5. The predicted octanol–water partition coefficient (Wildman–Crippen LogP) is 5.67. The van der Waals surface area contributed by atoms with Crippen molar-refractivity contribution in [2.45, 2.75) is 43.8 Å². The van der Waals surface area contributed by atoms with E-state index in [0.717, 1.165) is 17.5 Å². The molecule has 0 amide bonds. The first kappa shape index (κ1) is 25.0. The van der Waals surface area contributed by atoms with Gasteiger partial charge in [-0.3, -0.25) is 4.79 Å². The van der Waals surface area contributed by atoms with E-state index in [4.69, 9.17) is 28.8 Å². The molecule has 6 rings (SSSR count). The maximum Gasteiger partial charge on any atom is 0.304 e. The van der Waals surface area contributed by atoms with E-state index >= 15 is 4.39 Å². The molecule has 3 atom stereocenters. The van der Waals surface area contributed by atoms with Gasteiger partial charge in [0.1, 0.15) is 52.8 Å². The van der Waals surface area contributed by atoms with Gasteiger partial charge in [0, 0.05) is 41.2 Å². The maximum absolute atomic E-state index is 15.0. The number of carboxylic acid groups (broad SMARTS) is 1. The van der Waals surface area contributed by atoms with Gasteiger partial charge in [0.15, 0.2) is 0 Å². The third kappa shape index (κ3) is 5.08. The molecule has 1 aliphatic carbocycles. The highest BCUT2D eigenvalue weighted by molar-refractivity contribution is 5.69. The van der Waals surface area contributed by atoms with Gasteiger partial charge >= 0.3 is 5.97 Å². The highest BCUT2D eigenvalue weighted by atomic mass is 19.1. The fraction of sp³-hybridized carbons (Fsp3) is 0.333. The molecule has 3 aromatic carbocycles. The zero-order chi connectivity index (χ0) is 26.9. The molecule has 2 heterocycles.